The highest BCUT2D eigenvalue weighted by atomic mass is 19.3. The summed E-state index contributed by atoms with van der Waals surface area (Å²) in [5.41, 5.74) is 10.5. The maximum Gasteiger partial charge on any atom is 0.461 e. The van der Waals surface area contributed by atoms with Gasteiger partial charge in [0, 0.05) is 18.0 Å². The standard InChI is InChI=1S/C11H12F4N2O2/c12-10(13)11(14,15)19-8-4-2-1-3-6(8)7(16)5-9(17)18/h1-4,7,10H,5,16H2,(H2,17,18). The van der Waals surface area contributed by atoms with Gasteiger partial charge in [-0.25, -0.2) is 0 Å². The van der Waals surface area contributed by atoms with Gasteiger partial charge in [-0.2, -0.15) is 17.6 Å². The van der Waals surface area contributed by atoms with Crippen molar-refractivity contribution in [3.63, 3.8) is 0 Å². The Morgan fingerprint density at radius 1 is 1.32 bits per heavy atom. The summed E-state index contributed by atoms with van der Waals surface area (Å²) < 4.78 is 53.8. The number of hydrogen-bond donors (Lipinski definition) is 2. The van der Waals surface area contributed by atoms with Crippen LogP contribution >= 0.6 is 0 Å². The van der Waals surface area contributed by atoms with Crippen LogP contribution in [0.1, 0.15) is 18.0 Å². The minimum atomic E-state index is -4.64. The molecule has 0 fully saturated rings. The maximum absolute atomic E-state index is 12.8. The minimum Gasteiger partial charge on any atom is -0.428 e. The molecule has 0 aliphatic heterocycles. The molecule has 4 nitrogen and oxygen atoms in total. The molecule has 4 N–H and O–H groups in total. The van der Waals surface area contributed by atoms with E-state index in [4.69, 9.17) is 11.5 Å². The number of nitrogens with two attached hydrogens (primary N) is 2. The van der Waals surface area contributed by atoms with Crippen molar-refractivity contribution < 1.29 is 27.1 Å². The van der Waals surface area contributed by atoms with E-state index < -0.39 is 30.2 Å². The molecule has 1 amide bonds. The van der Waals surface area contributed by atoms with Crippen LogP contribution in [0, 0.1) is 0 Å². The molecule has 8 heteroatoms. The second-order valence-corrected chi connectivity index (χ2v) is 3.78. The predicted molar refractivity (Wildman–Crippen MR) is 58.8 cm³/mol. The molecule has 1 aromatic rings. The molecule has 1 unspecified atom stereocenters. The summed E-state index contributed by atoms with van der Waals surface area (Å²) in [5.74, 6) is -1.26. The van der Waals surface area contributed by atoms with Gasteiger partial charge >= 0.3 is 12.5 Å². The topological polar surface area (TPSA) is 78.3 Å². The molecule has 0 aliphatic rings. The van der Waals surface area contributed by atoms with Crippen molar-refractivity contribution in [1.29, 1.82) is 0 Å². The number of ether oxygens (including phenoxy) is 1. The van der Waals surface area contributed by atoms with Crippen LogP contribution < -0.4 is 16.2 Å². The molecule has 106 valence electrons. The summed E-state index contributed by atoms with van der Waals surface area (Å²) in [5, 5.41) is 0. The monoisotopic (exact) mass is 280 g/mol. The zero-order chi connectivity index (χ0) is 14.6. The lowest BCUT2D eigenvalue weighted by molar-refractivity contribution is -0.253. The Morgan fingerprint density at radius 3 is 2.42 bits per heavy atom. The molecule has 0 aromatic heterocycles. The molecule has 0 spiro atoms. The number of halogens is 4. The number of alkyl halides is 4. The SMILES string of the molecule is NC(=O)CC(N)c1ccccc1OC(F)(F)C(F)F. The van der Waals surface area contributed by atoms with Gasteiger partial charge < -0.3 is 16.2 Å². The fourth-order valence-electron chi connectivity index (χ4n) is 1.40. The number of rotatable bonds is 6. The maximum atomic E-state index is 12.8. The van der Waals surface area contributed by atoms with E-state index in [1.807, 2.05) is 0 Å². The van der Waals surface area contributed by atoms with Crippen LogP contribution in [0.5, 0.6) is 5.75 Å². The van der Waals surface area contributed by atoms with Gasteiger partial charge in [-0.15, -0.1) is 0 Å². The highest BCUT2D eigenvalue weighted by Gasteiger charge is 2.44. The average Bonchev–Trinajstić information content (AvgIpc) is 2.27. The van der Waals surface area contributed by atoms with Crippen molar-refractivity contribution in [3.05, 3.63) is 29.8 Å². The van der Waals surface area contributed by atoms with Gasteiger partial charge in [-0.1, -0.05) is 18.2 Å². The largest absolute Gasteiger partial charge is 0.461 e. The predicted octanol–water partition coefficient (Wildman–Crippen LogP) is 1.80. The van der Waals surface area contributed by atoms with Crippen molar-refractivity contribution in [2.45, 2.75) is 25.0 Å². The molecule has 1 rings (SSSR count). The second kappa shape index (κ2) is 5.87. The number of carbonyl (C=O) groups excluding carboxylic acids is 1. The van der Waals surface area contributed by atoms with Crippen molar-refractivity contribution in [1.82, 2.24) is 0 Å². The van der Waals surface area contributed by atoms with Crippen LogP contribution in [0.2, 0.25) is 0 Å². The molecule has 0 bridgehead atoms. The zero-order valence-corrected chi connectivity index (χ0v) is 9.65. The summed E-state index contributed by atoms with van der Waals surface area (Å²) in [6, 6.07) is 4.11. The molecule has 1 atom stereocenters. The van der Waals surface area contributed by atoms with Gasteiger partial charge in [-0.05, 0) is 6.07 Å². The van der Waals surface area contributed by atoms with Crippen LogP contribution in [0.3, 0.4) is 0 Å². The van der Waals surface area contributed by atoms with Crippen LogP contribution in [-0.4, -0.2) is 18.4 Å². The van der Waals surface area contributed by atoms with Crippen LogP contribution in [0.15, 0.2) is 24.3 Å². The molecule has 19 heavy (non-hydrogen) atoms. The van der Waals surface area contributed by atoms with Gasteiger partial charge in [0.1, 0.15) is 5.75 Å². The molecule has 0 saturated carbocycles. The van der Waals surface area contributed by atoms with Crippen LogP contribution in [-0.2, 0) is 4.79 Å². The Kier molecular flexibility index (Phi) is 4.71. The molecule has 0 heterocycles. The lowest BCUT2D eigenvalue weighted by Crippen LogP contribution is -2.34. The Hall–Kier alpha value is -1.83. The van der Waals surface area contributed by atoms with E-state index >= 15 is 0 Å². The fourth-order valence-corrected chi connectivity index (χ4v) is 1.40. The minimum absolute atomic E-state index is 0.00150. The number of benzene rings is 1. The lowest BCUT2D eigenvalue weighted by atomic mass is 10.0. The third kappa shape index (κ3) is 4.09. The van der Waals surface area contributed by atoms with Crippen molar-refractivity contribution in [3.8, 4) is 5.75 Å². The molecule has 0 saturated heterocycles. The van der Waals surface area contributed by atoms with Crippen molar-refractivity contribution >= 4 is 5.91 Å². The van der Waals surface area contributed by atoms with Gasteiger partial charge in [0.15, 0.2) is 0 Å². The van der Waals surface area contributed by atoms with Crippen LogP contribution in [0.4, 0.5) is 17.6 Å². The Bertz CT molecular complexity index is 454. The highest BCUT2D eigenvalue weighted by Crippen LogP contribution is 2.32. The molecular weight excluding hydrogens is 268 g/mol. The summed E-state index contributed by atoms with van der Waals surface area (Å²) >= 11 is 0. The van der Waals surface area contributed by atoms with Gasteiger partial charge in [0.2, 0.25) is 5.91 Å². The quantitative estimate of drug-likeness (QED) is 0.780. The zero-order valence-electron chi connectivity index (χ0n) is 9.65. The van der Waals surface area contributed by atoms with E-state index in [0.717, 1.165) is 6.07 Å². The Labute approximate surface area is 106 Å². The first kappa shape index (κ1) is 15.2. The number of carbonyl (C=O) groups is 1. The van der Waals surface area contributed by atoms with E-state index in [0.29, 0.717) is 0 Å². The van der Waals surface area contributed by atoms with Crippen molar-refractivity contribution in [2.75, 3.05) is 0 Å². The third-order valence-corrected chi connectivity index (χ3v) is 2.24. The molecule has 1 aromatic carbocycles. The first-order chi connectivity index (χ1) is 8.74. The van der Waals surface area contributed by atoms with Gasteiger partial charge in [0.25, 0.3) is 0 Å². The molecule has 0 radical (unpaired) electrons. The van der Waals surface area contributed by atoms with Crippen LogP contribution in [0.25, 0.3) is 0 Å². The molecule has 0 aliphatic carbocycles. The summed E-state index contributed by atoms with van der Waals surface area (Å²) in [6.45, 7) is 0. The van der Waals surface area contributed by atoms with E-state index in [1.54, 1.807) is 0 Å². The third-order valence-electron chi connectivity index (χ3n) is 2.24. The summed E-state index contributed by atoms with van der Waals surface area (Å²) in [4.78, 5) is 10.7. The smallest absolute Gasteiger partial charge is 0.428 e. The fraction of sp³-hybridized carbons (Fsp3) is 0.364. The van der Waals surface area contributed by atoms with Crippen molar-refractivity contribution in [2.24, 2.45) is 11.5 Å². The normalized spacial score (nSPS) is 13.4. The van der Waals surface area contributed by atoms with E-state index in [2.05, 4.69) is 4.74 Å². The first-order valence-corrected chi connectivity index (χ1v) is 5.22. The van der Waals surface area contributed by atoms with E-state index in [9.17, 15) is 22.4 Å². The highest BCUT2D eigenvalue weighted by molar-refractivity contribution is 5.74. The average molecular weight is 280 g/mol. The number of amides is 1. The number of primary amides is 1. The Morgan fingerprint density at radius 2 is 1.89 bits per heavy atom. The summed E-state index contributed by atoms with van der Waals surface area (Å²) in [6.07, 6.45) is -8.93. The number of hydrogen-bond acceptors (Lipinski definition) is 3. The summed E-state index contributed by atoms with van der Waals surface area (Å²) in [7, 11) is 0. The van der Waals surface area contributed by atoms with E-state index in [-0.39, 0.29) is 12.0 Å². The number of para-hydroxylation sites is 1. The lowest BCUT2D eigenvalue weighted by Gasteiger charge is -2.21. The first-order valence-electron chi connectivity index (χ1n) is 5.22. The van der Waals surface area contributed by atoms with E-state index in [1.165, 1.54) is 18.2 Å². The molecular formula is C11H12F4N2O2. The Balaban J connectivity index is 2.99. The van der Waals surface area contributed by atoms with Gasteiger partial charge in [0.05, 0.1) is 0 Å². The second-order valence-electron chi connectivity index (χ2n) is 3.78. The van der Waals surface area contributed by atoms with Gasteiger partial charge in [-0.3, -0.25) is 4.79 Å².